The van der Waals surface area contributed by atoms with E-state index in [1.54, 1.807) is 0 Å². The molecule has 156 valence electrons. The summed E-state index contributed by atoms with van der Waals surface area (Å²) in [5.74, 6) is 1.16. The van der Waals surface area contributed by atoms with Crippen LogP contribution in [0.3, 0.4) is 0 Å². The number of H-pyrrole nitrogens is 1. The number of aryl methyl sites for hydroxylation is 1. The molecule has 0 fully saturated rings. The van der Waals surface area contributed by atoms with Crippen LogP contribution < -0.4 is 15.6 Å². The number of anilines is 1. The molecule has 0 saturated carbocycles. The molecule has 31 heavy (non-hydrogen) atoms. The number of aromatic nitrogens is 5. The largest absolute Gasteiger partial charge is 0.447 e. The van der Waals surface area contributed by atoms with Crippen molar-refractivity contribution < 1.29 is 4.74 Å². The van der Waals surface area contributed by atoms with Crippen LogP contribution in [0.25, 0.3) is 16.9 Å². The smallest absolute Gasteiger partial charge is 0.280 e. The van der Waals surface area contributed by atoms with Gasteiger partial charge in [0.05, 0.1) is 5.69 Å². The molecule has 2 aromatic carbocycles. The van der Waals surface area contributed by atoms with E-state index in [0.717, 1.165) is 22.7 Å². The molecular formula is C22H20N6O2S. The summed E-state index contributed by atoms with van der Waals surface area (Å²) in [6, 6.07) is 17.1. The molecule has 2 N–H and O–H groups in total. The maximum Gasteiger partial charge on any atom is 0.280 e. The molecule has 0 amide bonds. The van der Waals surface area contributed by atoms with E-state index in [9.17, 15) is 4.79 Å². The number of ether oxygens (including phenoxy) is 1. The summed E-state index contributed by atoms with van der Waals surface area (Å²) in [7, 11) is 0. The quantitative estimate of drug-likeness (QED) is 0.471. The van der Waals surface area contributed by atoms with Gasteiger partial charge in [0, 0.05) is 16.9 Å². The van der Waals surface area contributed by atoms with Gasteiger partial charge in [0.2, 0.25) is 17.3 Å². The van der Waals surface area contributed by atoms with Crippen molar-refractivity contribution in [3.05, 3.63) is 76.2 Å². The van der Waals surface area contributed by atoms with Gasteiger partial charge in [0.1, 0.15) is 5.56 Å². The second-order valence-electron chi connectivity index (χ2n) is 7.00. The maximum atomic E-state index is 13.4. The van der Waals surface area contributed by atoms with E-state index >= 15 is 0 Å². The average molecular weight is 433 g/mol. The molecule has 0 spiro atoms. The van der Waals surface area contributed by atoms with Gasteiger partial charge in [-0.05, 0) is 30.9 Å². The molecular weight excluding hydrogens is 412 g/mol. The van der Waals surface area contributed by atoms with Gasteiger partial charge >= 0.3 is 0 Å². The van der Waals surface area contributed by atoms with E-state index in [0.29, 0.717) is 28.0 Å². The average Bonchev–Trinajstić information content (AvgIpc) is 2.98. The molecule has 1 aliphatic heterocycles. The zero-order valence-corrected chi connectivity index (χ0v) is 17.8. The maximum absolute atomic E-state index is 13.4. The lowest BCUT2D eigenvalue weighted by atomic mass is 10.1. The Morgan fingerprint density at radius 3 is 2.68 bits per heavy atom. The molecule has 0 radical (unpaired) electrons. The Labute approximate surface area is 182 Å². The van der Waals surface area contributed by atoms with Crippen molar-refractivity contribution in [2.24, 2.45) is 0 Å². The third kappa shape index (κ3) is 3.46. The van der Waals surface area contributed by atoms with E-state index < -0.39 is 6.23 Å². The predicted molar refractivity (Wildman–Crippen MR) is 120 cm³/mol. The summed E-state index contributed by atoms with van der Waals surface area (Å²) in [5.41, 5.74) is 3.92. The molecule has 4 aromatic rings. The van der Waals surface area contributed by atoms with Crippen LogP contribution in [0.15, 0.2) is 64.5 Å². The summed E-state index contributed by atoms with van der Waals surface area (Å²) in [6.45, 7) is 3.88. The number of fused-ring (bicyclic) bond motifs is 3. The standard InChI is InChI=1S/C22H20N6O2S/c1-3-31-22-24-20-18(25-26-22)15-11-7-8-12-16(15)23-19(30-20)17-13(2)27-28(21(17)29)14-9-5-4-6-10-14/h4-12,19,23,27H,3H2,1-2H3/t19-/m1/s1. The van der Waals surface area contributed by atoms with Crippen LogP contribution in [0, 0.1) is 6.92 Å². The number of rotatable bonds is 4. The van der Waals surface area contributed by atoms with Gasteiger partial charge in [0.15, 0.2) is 5.69 Å². The van der Waals surface area contributed by atoms with Crippen molar-refractivity contribution in [1.82, 2.24) is 25.0 Å². The predicted octanol–water partition coefficient (Wildman–Crippen LogP) is 3.94. The van der Waals surface area contributed by atoms with Crippen LogP contribution in [-0.4, -0.2) is 30.7 Å². The van der Waals surface area contributed by atoms with E-state index in [1.807, 2.05) is 68.4 Å². The first-order chi connectivity index (χ1) is 15.2. The highest BCUT2D eigenvalue weighted by atomic mass is 32.2. The zero-order chi connectivity index (χ0) is 21.4. The minimum atomic E-state index is -0.743. The van der Waals surface area contributed by atoms with Crippen LogP contribution in [0.2, 0.25) is 0 Å². The Morgan fingerprint density at radius 2 is 1.87 bits per heavy atom. The minimum Gasteiger partial charge on any atom is -0.447 e. The number of thioether (sulfide) groups is 1. The van der Waals surface area contributed by atoms with Crippen LogP contribution in [0.1, 0.15) is 24.4 Å². The fourth-order valence-electron chi connectivity index (χ4n) is 3.60. The Balaban J connectivity index is 1.64. The van der Waals surface area contributed by atoms with Gasteiger partial charge in [0.25, 0.3) is 5.56 Å². The fraction of sp³-hybridized carbons (Fsp3) is 0.182. The molecule has 5 rings (SSSR count). The topological polar surface area (TPSA) is 97.7 Å². The SMILES string of the molecule is CCSc1nnc2c(n1)O[C@H](c1c(C)[nH]n(-c3ccccc3)c1=O)Nc1ccccc1-2. The van der Waals surface area contributed by atoms with Crippen molar-refractivity contribution in [2.75, 3.05) is 11.1 Å². The normalized spacial score (nSPS) is 14.7. The van der Waals surface area contributed by atoms with Crippen molar-refractivity contribution in [3.8, 4) is 22.8 Å². The highest BCUT2D eigenvalue weighted by Gasteiger charge is 2.30. The molecule has 9 heteroatoms. The third-order valence-electron chi connectivity index (χ3n) is 5.00. The third-order valence-corrected chi connectivity index (χ3v) is 5.72. The molecule has 8 nitrogen and oxygen atoms in total. The second kappa shape index (κ2) is 7.92. The molecule has 0 saturated heterocycles. The van der Waals surface area contributed by atoms with Crippen molar-refractivity contribution >= 4 is 17.4 Å². The van der Waals surface area contributed by atoms with Crippen molar-refractivity contribution in [1.29, 1.82) is 0 Å². The number of nitrogens with one attached hydrogen (secondary N) is 2. The first-order valence-corrected chi connectivity index (χ1v) is 10.9. The Morgan fingerprint density at radius 1 is 1.10 bits per heavy atom. The van der Waals surface area contributed by atoms with Crippen LogP contribution in [0.5, 0.6) is 5.88 Å². The van der Waals surface area contributed by atoms with Gasteiger partial charge in [-0.25, -0.2) is 4.68 Å². The van der Waals surface area contributed by atoms with Crippen molar-refractivity contribution in [2.45, 2.75) is 25.2 Å². The van der Waals surface area contributed by atoms with Crippen LogP contribution in [0.4, 0.5) is 5.69 Å². The number of nitrogens with zero attached hydrogens (tertiary/aromatic N) is 4. The summed E-state index contributed by atoms with van der Waals surface area (Å²) >= 11 is 1.48. The van der Waals surface area contributed by atoms with E-state index in [-0.39, 0.29) is 5.56 Å². The van der Waals surface area contributed by atoms with E-state index in [2.05, 4.69) is 25.6 Å². The number of benzene rings is 2. The number of para-hydroxylation sites is 2. The summed E-state index contributed by atoms with van der Waals surface area (Å²) in [4.78, 5) is 17.9. The van der Waals surface area contributed by atoms with Gasteiger partial charge in [-0.1, -0.05) is 55.1 Å². The van der Waals surface area contributed by atoms with Gasteiger partial charge in [-0.2, -0.15) is 4.98 Å². The molecule has 3 heterocycles. The van der Waals surface area contributed by atoms with Gasteiger partial charge < -0.3 is 10.1 Å². The molecule has 0 bridgehead atoms. The molecule has 2 aromatic heterocycles. The lowest BCUT2D eigenvalue weighted by Gasteiger charge is -2.17. The molecule has 1 aliphatic rings. The Kier molecular flexibility index (Phi) is 4.95. The Bertz CT molecular complexity index is 1300. The Hall–Kier alpha value is -3.59. The fourth-order valence-corrected chi connectivity index (χ4v) is 4.10. The zero-order valence-electron chi connectivity index (χ0n) is 17.0. The number of aromatic amines is 1. The minimum absolute atomic E-state index is 0.188. The first kappa shape index (κ1) is 19.4. The molecule has 0 unspecified atom stereocenters. The van der Waals surface area contributed by atoms with Gasteiger partial charge in [-0.3, -0.25) is 9.89 Å². The number of hydrogen-bond donors (Lipinski definition) is 2. The second-order valence-corrected chi connectivity index (χ2v) is 8.23. The highest BCUT2D eigenvalue weighted by Crippen LogP contribution is 2.39. The van der Waals surface area contributed by atoms with Gasteiger partial charge in [-0.15, -0.1) is 10.2 Å². The van der Waals surface area contributed by atoms with Crippen LogP contribution in [-0.2, 0) is 0 Å². The monoisotopic (exact) mass is 432 g/mol. The molecule has 0 aliphatic carbocycles. The lowest BCUT2D eigenvalue weighted by molar-refractivity contribution is 0.223. The number of hydrogen-bond acceptors (Lipinski definition) is 7. The summed E-state index contributed by atoms with van der Waals surface area (Å²) < 4.78 is 7.77. The van der Waals surface area contributed by atoms with E-state index in [1.165, 1.54) is 16.4 Å². The van der Waals surface area contributed by atoms with Crippen molar-refractivity contribution in [3.63, 3.8) is 0 Å². The molecule has 1 atom stereocenters. The summed E-state index contributed by atoms with van der Waals surface area (Å²) in [5, 5.41) is 15.6. The highest BCUT2D eigenvalue weighted by molar-refractivity contribution is 7.99. The van der Waals surface area contributed by atoms with E-state index in [4.69, 9.17) is 4.74 Å². The summed E-state index contributed by atoms with van der Waals surface area (Å²) in [6.07, 6.45) is -0.743. The lowest BCUT2D eigenvalue weighted by Crippen LogP contribution is -2.26. The van der Waals surface area contributed by atoms with Crippen LogP contribution >= 0.6 is 11.8 Å². The first-order valence-electron chi connectivity index (χ1n) is 9.92.